The number of carboxylic acids is 1. The summed E-state index contributed by atoms with van der Waals surface area (Å²) >= 11 is 6.44. The van der Waals surface area contributed by atoms with Crippen LogP contribution in [0.5, 0.6) is 0 Å². The molecule has 0 radical (unpaired) electrons. The zero-order valence-electron chi connectivity index (χ0n) is 9.74. The number of carboxylic acid groups (broad SMARTS) is 1. The molecule has 1 saturated heterocycles. The number of likely N-dealkylation sites (tertiary alicyclic amines) is 1. The second-order valence-electron chi connectivity index (χ2n) is 3.60. The monoisotopic (exact) mass is 294 g/mol. The maximum atomic E-state index is 11.8. The van der Waals surface area contributed by atoms with Gasteiger partial charge < -0.3 is 21.2 Å². The van der Waals surface area contributed by atoms with Crippen molar-refractivity contribution in [3.63, 3.8) is 0 Å². The molecule has 1 aliphatic rings. The molecule has 0 aromatic carbocycles. The van der Waals surface area contributed by atoms with E-state index in [-0.39, 0.29) is 12.3 Å². The SMILES string of the molecule is N/C=C(/CC(=O)N1CCCC1C(=O)O)NN.SS. The molecule has 1 atom stereocenters. The number of nitrogens with zero attached hydrogens (tertiary/aromatic N) is 1. The van der Waals surface area contributed by atoms with Gasteiger partial charge in [0.1, 0.15) is 6.04 Å². The van der Waals surface area contributed by atoms with Crippen molar-refractivity contribution in [2.45, 2.75) is 25.3 Å². The van der Waals surface area contributed by atoms with E-state index in [0.717, 1.165) is 0 Å². The van der Waals surface area contributed by atoms with E-state index in [1.54, 1.807) is 0 Å². The van der Waals surface area contributed by atoms with Crippen molar-refractivity contribution in [1.29, 1.82) is 0 Å². The molecule has 1 amide bonds. The van der Waals surface area contributed by atoms with Crippen LogP contribution in [0.2, 0.25) is 0 Å². The van der Waals surface area contributed by atoms with Crippen LogP contribution < -0.4 is 17.0 Å². The maximum absolute atomic E-state index is 11.8. The van der Waals surface area contributed by atoms with E-state index >= 15 is 0 Å². The van der Waals surface area contributed by atoms with Crippen molar-refractivity contribution in [3.05, 3.63) is 11.9 Å². The molecule has 18 heavy (non-hydrogen) atoms. The third kappa shape index (κ3) is 4.67. The Hall–Kier alpha value is -1.06. The molecule has 1 rings (SSSR count). The van der Waals surface area contributed by atoms with Crippen molar-refractivity contribution in [3.8, 4) is 0 Å². The molecule has 9 heteroatoms. The molecular weight excluding hydrogens is 276 g/mol. The topological polar surface area (TPSA) is 122 Å². The average molecular weight is 294 g/mol. The lowest BCUT2D eigenvalue weighted by Crippen LogP contribution is -2.41. The summed E-state index contributed by atoms with van der Waals surface area (Å²) in [5.41, 5.74) is 7.90. The predicted octanol–water partition coefficient (Wildman–Crippen LogP) is -0.523. The fourth-order valence-corrected chi connectivity index (χ4v) is 1.74. The molecule has 1 heterocycles. The van der Waals surface area contributed by atoms with E-state index in [2.05, 4.69) is 28.7 Å². The van der Waals surface area contributed by atoms with Crippen LogP contribution in [0.1, 0.15) is 19.3 Å². The summed E-state index contributed by atoms with van der Waals surface area (Å²) in [5, 5.41) is 8.91. The van der Waals surface area contributed by atoms with Crippen molar-refractivity contribution in [1.82, 2.24) is 10.3 Å². The maximum Gasteiger partial charge on any atom is 0.326 e. The number of rotatable bonds is 4. The number of carbonyl (C=O) groups excluding carboxylic acids is 1. The Morgan fingerprint density at radius 1 is 1.50 bits per heavy atom. The summed E-state index contributed by atoms with van der Waals surface area (Å²) in [6.45, 7) is 0.470. The first-order chi connectivity index (χ1) is 8.60. The first kappa shape index (κ1) is 16.9. The van der Waals surface area contributed by atoms with Crippen LogP contribution in [0.15, 0.2) is 11.9 Å². The fraction of sp³-hybridized carbons (Fsp3) is 0.556. The third-order valence-corrected chi connectivity index (χ3v) is 2.59. The van der Waals surface area contributed by atoms with Crippen molar-refractivity contribution < 1.29 is 14.7 Å². The van der Waals surface area contributed by atoms with Gasteiger partial charge in [0.25, 0.3) is 0 Å². The van der Waals surface area contributed by atoms with Crippen molar-refractivity contribution in [2.24, 2.45) is 11.6 Å². The van der Waals surface area contributed by atoms with Gasteiger partial charge >= 0.3 is 5.97 Å². The van der Waals surface area contributed by atoms with E-state index in [1.807, 2.05) is 0 Å². The molecular formula is C9H18N4O3S2. The predicted molar refractivity (Wildman–Crippen MR) is 74.6 cm³/mol. The Bertz CT molecular complexity index is 325. The number of nitrogens with two attached hydrogens (primary N) is 2. The highest BCUT2D eigenvalue weighted by Gasteiger charge is 2.33. The Morgan fingerprint density at radius 3 is 2.56 bits per heavy atom. The van der Waals surface area contributed by atoms with E-state index in [1.165, 1.54) is 11.1 Å². The van der Waals surface area contributed by atoms with E-state index in [9.17, 15) is 9.59 Å². The minimum Gasteiger partial charge on any atom is -0.480 e. The number of amides is 1. The number of hydrazine groups is 1. The van der Waals surface area contributed by atoms with Crippen LogP contribution in [0, 0.1) is 0 Å². The Kier molecular flexibility index (Phi) is 8.42. The van der Waals surface area contributed by atoms with Gasteiger partial charge in [-0.2, -0.15) is 0 Å². The van der Waals surface area contributed by atoms with Crippen LogP contribution in [0.3, 0.4) is 0 Å². The van der Waals surface area contributed by atoms with E-state index in [4.69, 9.17) is 16.7 Å². The Balaban J connectivity index is 0.00000137. The van der Waals surface area contributed by atoms with Gasteiger partial charge in [0, 0.05) is 12.7 Å². The van der Waals surface area contributed by atoms with Gasteiger partial charge in [-0.25, -0.2) is 4.79 Å². The van der Waals surface area contributed by atoms with Crippen LogP contribution >= 0.6 is 23.3 Å². The molecule has 0 spiro atoms. The number of nitrogens with one attached hydrogen (secondary N) is 1. The first-order valence-electron chi connectivity index (χ1n) is 5.19. The summed E-state index contributed by atoms with van der Waals surface area (Å²) in [4.78, 5) is 24.0. The summed E-state index contributed by atoms with van der Waals surface area (Å²) in [6, 6.07) is -0.718. The van der Waals surface area contributed by atoms with Gasteiger partial charge in [-0.3, -0.25) is 10.6 Å². The standard InChI is InChI=1S/C9H16N4O3.H2S2/c10-5-6(12-11)4-8(14)13-3-1-2-7(13)9(15)16;1-2/h5,7,12H,1-4,10-11H2,(H,15,16);1-2H/b6-5-;. The summed E-state index contributed by atoms with van der Waals surface area (Å²) in [7, 11) is 0. The van der Waals surface area contributed by atoms with Gasteiger partial charge in [-0.1, -0.05) is 0 Å². The number of thiol groups is 2. The molecule has 0 saturated carbocycles. The molecule has 104 valence electrons. The van der Waals surface area contributed by atoms with Crippen LogP contribution in [-0.4, -0.2) is 34.5 Å². The smallest absolute Gasteiger partial charge is 0.326 e. The van der Waals surface area contributed by atoms with Gasteiger partial charge in [0.2, 0.25) is 5.91 Å². The van der Waals surface area contributed by atoms with Crippen LogP contribution in [-0.2, 0) is 9.59 Å². The minimum atomic E-state index is -0.968. The summed E-state index contributed by atoms with van der Waals surface area (Å²) in [6.07, 6.45) is 2.40. The van der Waals surface area contributed by atoms with Crippen molar-refractivity contribution >= 4 is 35.2 Å². The second kappa shape index (κ2) is 8.95. The second-order valence-corrected chi connectivity index (χ2v) is 3.60. The largest absolute Gasteiger partial charge is 0.480 e. The number of carbonyl (C=O) groups is 2. The first-order valence-corrected chi connectivity index (χ1v) is 6.79. The average Bonchev–Trinajstić information content (AvgIpc) is 2.87. The lowest BCUT2D eigenvalue weighted by molar-refractivity contribution is -0.148. The van der Waals surface area contributed by atoms with Crippen LogP contribution in [0.4, 0.5) is 0 Å². The highest BCUT2D eigenvalue weighted by molar-refractivity contribution is 8.59. The zero-order chi connectivity index (χ0) is 14.1. The molecule has 0 aromatic heterocycles. The summed E-state index contributed by atoms with van der Waals surface area (Å²) in [5.74, 6) is 3.89. The quantitative estimate of drug-likeness (QED) is 0.179. The van der Waals surface area contributed by atoms with Gasteiger partial charge in [0.15, 0.2) is 0 Å². The normalized spacial score (nSPS) is 18.9. The van der Waals surface area contributed by atoms with Gasteiger partial charge in [-0.05, 0) is 12.8 Å². The van der Waals surface area contributed by atoms with Crippen LogP contribution in [0.25, 0.3) is 0 Å². The van der Waals surface area contributed by atoms with E-state index < -0.39 is 12.0 Å². The van der Waals surface area contributed by atoms with E-state index in [0.29, 0.717) is 25.1 Å². The molecule has 0 aromatic rings. The number of aliphatic carboxylic acids is 1. The van der Waals surface area contributed by atoms with Gasteiger partial charge in [-0.15, -0.1) is 23.3 Å². The molecule has 0 bridgehead atoms. The summed E-state index contributed by atoms with van der Waals surface area (Å²) < 4.78 is 0. The molecule has 6 N–H and O–H groups in total. The Labute approximate surface area is 116 Å². The zero-order valence-corrected chi connectivity index (χ0v) is 11.5. The number of hydrogen-bond donors (Lipinski definition) is 6. The van der Waals surface area contributed by atoms with Gasteiger partial charge in [0.05, 0.1) is 12.1 Å². The third-order valence-electron chi connectivity index (χ3n) is 2.59. The highest BCUT2D eigenvalue weighted by Crippen LogP contribution is 2.19. The molecule has 1 unspecified atom stereocenters. The lowest BCUT2D eigenvalue weighted by atomic mass is 10.2. The van der Waals surface area contributed by atoms with Crippen molar-refractivity contribution in [2.75, 3.05) is 6.54 Å². The minimum absolute atomic E-state index is 0.00319. The fourth-order valence-electron chi connectivity index (χ4n) is 1.74. The Morgan fingerprint density at radius 2 is 2.11 bits per heavy atom. The highest BCUT2D eigenvalue weighted by atomic mass is 33.1. The molecule has 1 fully saturated rings. The lowest BCUT2D eigenvalue weighted by Gasteiger charge is -2.21. The molecule has 1 aliphatic heterocycles. The molecule has 7 nitrogen and oxygen atoms in total. The molecule has 0 aliphatic carbocycles. The number of hydrogen-bond acceptors (Lipinski definition) is 7.